The lowest BCUT2D eigenvalue weighted by atomic mass is 9.94. The second-order valence-corrected chi connectivity index (χ2v) is 5.15. The molecule has 1 aliphatic heterocycles. The van der Waals surface area contributed by atoms with Crippen LogP contribution in [-0.4, -0.2) is 19.7 Å². The van der Waals surface area contributed by atoms with Crippen molar-refractivity contribution in [1.29, 1.82) is 0 Å². The third-order valence-corrected chi connectivity index (χ3v) is 2.69. The van der Waals surface area contributed by atoms with E-state index < -0.39 is 5.41 Å². The molecule has 0 radical (unpaired) electrons. The Morgan fingerprint density at radius 3 is 2.53 bits per heavy atom. The van der Waals surface area contributed by atoms with Crippen LogP contribution < -0.4 is 14.4 Å². The van der Waals surface area contributed by atoms with Crippen molar-refractivity contribution in [2.24, 2.45) is 5.41 Å². The minimum absolute atomic E-state index is 0.0661. The Hall–Kier alpha value is -1.71. The standard InChI is InChI=1S/C13H17NO3/c1-13(2,3)12(15)14(4)9-5-6-10-11(7-9)17-8-16-10/h5-7H,8H2,1-4H3. The van der Waals surface area contributed by atoms with E-state index in [2.05, 4.69) is 0 Å². The summed E-state index contributed by atoms with van der Waals surface area (Å²) in [6, 6.07) is 5.51. The third kappa shape index (κ3) is 2.20. The maximum Gasteiger partial charge on any atom is 0.232 e. The Balaban J connectivity index is 2.26. The largest absolute Gasteiger partial charge is 0.454 e. The molecule has 1 aliphatic rings. The third-order valence-electron chi connectivity index (χ3n) is 2.69. The smallest absolute Gasteiger partial charge is 0.232 e. The first-order valence-corrected chi connectivity index (χ1v) is 5.57. The number of rotatable bonds is 1. The summed E-state index contributed by atoms with van der Waals surface area (Å²) in [6.45, 7) is 5.95. The van der Waals surface area contributed by atoms with Crippen molar-refractivity contribution in [3.63, 3.8) is 0 Å². The molecule has 0 unspecified atom stereocenters. The number of carbonyl (C=O) groups is 1. The predicted molar refractivity (Wildman–Crippen MR) is 65.4 cm³/mol. The van der Waals surface area contributed by atoms with Crippen LogP contribution in [0.5, 0.6) is 11.5 Å². The summed E-state index contributed by atoms with van der Waals surface area (Å²) in [4.78, 5) is 13.8. The fourth-order valence-corrected chi connectivity index (χ4v) is 1.71. The zero-order chi connectivity index (χ0) is 12.6. The van der Waals surface area contributed by atoms with Crippen LogP contribution in [0.2, 0.25) is 0 Å². The van der Waals surface area contributed by atoms with Gasteiger partial charge in [0.1, 0.15) is 0 Å². The van der Waals surface area contributed by atoms with Crippen LogP contribution in [0, 0.1) is 5.41 Å². The average molecular weight is 235 g/mol. The molecule has 1 aromatic rings. The Morgan fingerprint density at radius 2 is 1.88 bits per heavy atom. The molecular weight excluding hydrogens is 218 g/mol. The molecule has 17 heavy (non-hydrogen) atoms. The number of nitrogens with zero attached hydrogens (tertiary/aromatic N) is 1. The molecule has 0 saturated heterocycles. The summed E-state index contributed by atoms with van der Waals surface area (Å²) in [5.74, 6) is 1.48. The fraction of sp³-hybridized carbons (Fsp3) is 0.462. The Labute approximate surface area is 101 Å². The molecule has 0 aromatic heterocycles. The van der Waals surface area contributed by atoms with E-state index in [-0.39, 0.29) is 12.7 Å². The van der Waals surface area contributed by atoms with E-state index in [1.54, 1.807) is 11.9 Å². The highest BCUT2D eigenvalue weighted by Gasteiger charge is 2.26. The summed E-state index contributed by atoms with van der Waals surface area (Å²) >= 11 is 0. The van der Waals surface area contributed by atoms with Gasteiger partial charge in [0.15, 0.2) is 11.5 Å². The van der Waals surface area contributed by atoms with E-state index >= 15 is 0 Å². The van der Waals surface area contributed by atoms with Crippen molar-refractivity contribution in [3.8, 4) is 11.5 Å². The van der Waals surface area contributed by atoms with E-state index in [0.29, 0.717) is 5.75 Å². The molecule has 1 heterocycles. The molecular formula is C13H17NO3. The molecule has 1 aromatic carbocycles. The van der Waals surface area contributed by atoms with E-state index in [9.17, 15) is 4.79 Å². The zero-order valence-corrected chi connectivity index (χ0v) is 10.6. The lowest BCUT2D eigenvalue weighted by Gasteiger charge is -2.26. The molecule has 0 bridgehead atoms. The van der Waals surface area contributed by atoms with Crippen molar-refractivity contribution in [2.45, 2.75) is 20.8 Å². The number of hydrogen-bond donors (Lipinski definition) is 0. The summed E-state index contributed by atoms with van der Waals surface area (Å²) in [5.41, 5.74) is 0.416. The molecule has 4 nitrogen and oxygen atoms in total. The number of ether oxygens (including phenoxy) is 2. The molecule has 0 spiro atoms. The predicted octanol–water partition coefficient (Wildman–Crippen LogP) is 2.42. The van der Waals surface area contributed by atoms with Gasteiger partial charge in [-0.05, 0) is 12.1 Å². The Kier molecular flexibility index (Phi) is 2.73. The first kappa shape index (κ1) is 11.8. The van der Waals surface area contributed by atoms with Crippen LogP contribution in [0.25, 0.3) is 0 Å². The van der Waals surface area contributed by atoms with Gasteiger partial charge < -0.3 is 14.4 Å². The normalized spacial score (nSPS) is 13.6. The van der Waals surface area contributed by atoms with Crippen molar-refractivity contribution < 1.29 is 14.3 Å². The minimum atomic E-state index is -0.398. The van der Waals surface area contributed by atoms with Gasteiger partial charge >= 0.3 is 0 Å². The molecule has 0 saturated carbocycles. The van der Waals surface area contributed by atoms with Gasteiger partial charge in [-0.1, -0.05) is 20.8 Å². The Bertz CT molecular complexity index is 448. The average Bonchev–Trinajstić information content (AvgIpc) is 2.72. The van der Waals surface area contributed by atoms with Crippen molar-refractivity contribution in [3.05, 3.63) is 18.2 Å². The number of carbonyl (C=O) groups excluding carboxylic acids is 1. The lowest BCUT2D eigenvalue weighted by Crippen LogP contribution is -2.36. The van der Waals surface area contributed by atoms with Gasteiger partial charge in [0, 0.05) is 24.2 Å². The van der Waals surface area contributed by atoms with Gasteiger partial charge in [0.05, 0.1) is 0 Å². The lowest BCUT2D eigenvalue weighted by molar-refractivity contribution is -0.125. The Morgan fingerprint density at radius 1 is 1.24 bits per heavy atom. The first-order valence-electron chi connectivity index (χ1n) is 5.57. The molecule has 92 valence electrons. The number of benzene rings is 1. The molecule has 4 heteroatoms. The number of amides is 1. The molecule has 1 amide bonds. The molecule has 0 aliphatic carbocycles. The topological polar surface area (TPSA) is 38.8 Å². The van der Waals surface area contributed by atoms with Gasteiger partial charge in [-0.2, -0.15) is 0 Å². The van der Waals surface area contributed by atoms with Gasteiger partial charge in [-0.3, -0.25) is 4.79 Å². The molecule has 0 atom stereocenters. The second-order valence-electron chi connectivity index (χ2n) is 5.15. The first-order chi connectivity index (χ1) is 7.89. The van der Waals surface area contributed by atoms with Crippen LogP contribution in [0.3, 0.4) is 0 Å². The summed E-state index contributed by atoms with van der Waals surface area (Å²) < 4.78 is 10.5. The SMILES string of the molecule is CN(C(=O)C(C)(C)C)c1ccc2c(c1)OCO2. The van der Waals surface area contributed by atoms with Gasteiger partial charge in [0.25, 0.3) is 0 Å². The van der Waals surface area contributed by atoms with Gasteiger partial charge in [-0.15, -0.1) is 0 Å². The second kappa shape index (κ2) is 3.95. The highest BCUT2D eigenvalue weighted by atomic mass is 16.7. The fourth-order valence-electron chi connectivity index (χ4n) is 1.71. The van der Waals surface area contributed by atoms with E-state index in [1.807, 2.05) is 39.0 Å². The molecule has 2 rings (SSSR count). The highest BCUT2D eigenvalue weighted by molar-refractivity contribution is 5.96. The van der Waals surface area contributed by atoms with Crippen molar-refractivity contribution in [2.75, 3.05) is 18.7 Å². The van der Waals surface area contributed by atoms with E-state index in [0.717, 1.165) is 11.4 Å². The van der Waals surface area contributed by atoms with Crippen LogP contribution in [0.15, 0.2) is 18.2 Å². The van der Waals surface area contributed by atoms with Gasteiger partial charge in [0.2, 0.25) is 12.7 Å². The number of anilines is 1. The summed E-state index contributed by atoms with van der Waals surface area (Å²) in [7, 11) is 1.77. The summed E-state index contributed by atoms with van der Waals surface area (Å²) in [5, 5.41) is 0. The monoisotopic (exact) mass is 235 g/mol. The van der Waals surface area contributed by atoms with E-state index in [1.165, 1.54) is 0 Å². The highest BCUT2D eigenvalue weighted by Crippen LogP contribution is 2.35. The van der Waals surface area contributed by atoms with Crippen molar-refractivity contribution >= 4 is 11.6 Å². The van der Waals surface area contributed by atoms with Crippen molar-refractivity contribution in [1.82, 2.24) is 0 Å². The number of fused-ring (bicyclic) bond motifs is 1. The van der Waals surface area contributed by atoms with E-state index in [4.69, 9.17) is 9.47 Å². The zero-order valence-electron chi connectivity index (χ0n) is 10.6. The molecule has 0 N–H and O–H groups in total. The van der Waals surface area contributed by atoms with Crippen LogP contribution in [-0.2, 0) is 4.79 Å². The van der Waals surface area contributed by atoms with Crippen LogP contribution in [0.1, 0.15) is 20.8 Å². The van der Waals surface area contributed by atoms with Crippen LogP contribution >= 0.6 is 0 Å². The minimum Gasteiger partial charge on any atom is -0.454 e. The van der Waals surface area contributed by atoms with Crippen LogP contribution in [0.4, 0.5) is 5.69 Å². The molecule has 0 fully saturated rings. The maximum absolute atomic E-state index is 12.1. The quantitative estimate of drug-likeness (QED) is 0.750. The summed E-state index contributed by atoms with van der Waals surface area (Å²) in [6.07, 6.45) is 0. The van der Waals surface area contributed by atoms with Gasteiger partial charge in [-0.25, -0.2) is 0 Å². The number of hydrogen-bond acceptors (Lipinski definition) is 3. The maximum atomic E-state index is 12.1.